The molecule has 0 unspecified atom stereocenters. The number of hydrogen-bond donors (Lipinski definition) is 1. The van der Waals surface area contributed by atoms with E-state index >= 15 is 0 Å². The zero-order chi connectivity index (χ0) is 18.3. The first-order valence-electron chi connectivity index (χ1n) is 7.55. The zero-order valence-corrected chi connectivity index (χ0v) is 13.4. The molecule has 0 spiro atoms. The van der Waals surface area contributed by atoms with Gasteiger partial charge in [0.1, 0.15) is 5.65 Å². The van der Waals surface area contributed by atoms with Crippen molar-refractivity contribution >= 4 is 17.0 Å². The summed E-state index contributed by atoms with van der Waals surface area (Å²) in [6.07, 6.45) is 4.28. The van der Waals surface area contributed by atoms with Gasteiger partial charge in [-0.15, -0.1) is 0 Å². The van der Waals surface area contributed by atoms with Crippen molar-refractivity contribution in [3.8, 4) is 22.5 Å². The molecule has 0 fully saturated rings. The second-order valence-electron chi connectivity index (χ2n) is 5.48. The molecule has 8 heteroatoms. The van der Waals surface area contributed by atoms with Crippen molar-refractivity contribution in [3.63, 3.8) is 0 Å². The molecule has 6 nitrogen and oxygen atoms in total. The number of aromatic nitrogens is 3. The lowest BCUT2D eigenvalue weighted by Crippen LogP contribution is -2.01. The monoisotopic (exact) mass is 355 g/mol. The van der Waals surface area contributed by atoms with Gasteiger partial charge in [0.2, 0.25) is 0 Å². The third-order valence-corrected chi connectivity index (χ3v) is 4.01. The van der Waals surface area contributed by atoms with E-state index in [9.17, 15) is 13.6 Å². The molecule has 0 amide bonds. The van der Waals surface area contributed by atoms with E-state index in [0.717, 1.165) is 6.07 Å². The Balaban J connectivity index is 1.91. The number of ether oxygens (including phenoxy) is 1. The number of esters is 1. The highest BCUT2D eigenvalue weighted by Crippen LogP contribution is 2.37. The number of fused-ring (bicyclic) bond motifs is 1. The maximum atomic E-state index is 14.2. The van der Waals surface area contributed by atoms with Gasteiger partial charge in [-0.1, -0.05) is 17.3 Å². The van der Waals surface area contributed by atoms with E-state index in [2.05, 4.69) is 15.1 Å². The van der Waals surface area contributed by atoms with Crippen molar-refractivity contribution in [2.45, 2.75) is 0 Å². The van der Waals surface area contributed by atoms with Crippen LogP contribution in [0, 0.1) is 11.6 Å². The average Bonchev–Trinajstić information content (AvgIpc) is 3.29. The smallest absolute Gasteiger partial charge is 0.339 e. The average molecular weight is 355 g/mol. The van der Waals surface area contributed by atoms with Gasteiger partial charge in [0.25, 0.3) is 0 Å². The standard InChI is InChI=1S/C18H11F2N3O3/c1-25-18(24)9-5-11-12(7-22-17(11)21-6-9)16-13(8-23-26-16)10-3-2-4-14(19)15(10)20/h2-8H,1H3,(H,21,22). The molecule has 0 aliphatic rings. The van der Waals surface area contributed by atoms with Crippen LogP contribution in [0.15, 0.2) is 47.4 Å². The number of aromatic amines is 1. The Labute approximate surface area is 145 Å². The zero-order valence-electron chi connectivity index (χ0n) is 13.4. The van der Waals surface area contributed by atoms with Gasteiger partial charge in [-0.2, -0.15) is 0 Å². The van der Waals surface area contributed by atoms with Gasteiger partial charge in [0.05, 0.1) is 24.4 Å². The first-order chi connectivity index (χ1) is 12.6. The summed E-state index contributed by atoms with van der Waals surface area (Å²) in [6.45, 7) is 0. The van der Waals surface area contributed by atoms with E-state index in [0.29, 0.717) is 16.6 Å². The van der Waals surface area contributed by atoms with Crippen molar-refractivity contribution in [2.24, 2.45) is 0 Å². The van der Waals surface area contributed by atoms with Crippen LogP contribution in [0.3, 0.4) is 0 Å². The van der Waals surface area contributed by atoms with Gasteiger partial charge in [-0.05, 0) is 12.1 Å². The Morgan fingerprint density at radius 1 is 1.19 bits per heavy atom. The molecule has 4 rings (SSSR count). The highest BCUT2D eigenvalue weighted by Gasteiger charge is 2.21. The van der Waals surface area contributed by atoms with Gasteiger partial charge in [0, 0.05) is 28.9 Å². The number of carbonyl (C=O) groups is 1. The number of methoxy groups -OCH3 is 1. The number of nitrogens with zero attached hydrogens (tertiary/aromatic N) is 2. The molecular weight excluding hydrogens is 344 g/mol. The number of nitrogens with one attached hydrogen (secondary N) is 1. The van der Waals surface area contributed by atoms with Gasteiger partial charge >= 0.3 is 5.97 Å². The van der Waals surface area contributed by atoms with Crippen molar-refractivity contribution < 1.29 is 22.8 Å². The molecule has 0 radical (unpaired) electrons. The molecule has 1 aromatic carbocycles. The maximum Gasteiger partial charge on any atom is 0.339 e. The summed E-state index contributed by atoms with van der Waals surface area (Å²) >= 11 is 0. The highest BCUT2D eigenvalue weighted by molar-refractivity contribution is 6.00. The Morgan fingerprint density at radius 3 is 2.85 bits per heavy atom. The number of halogens is 2. The van der Waals surface area contributed by atoms with Crippen LogP contribution < -0.4 is 0 Å². The largest absolute Gasteiger partial charge is 0.465 e. The minimum atomic E-state index is -0.995. The van der Waals surface area contributed by atoms with Crippen LogP contribution in [0.5, 0.6) is 0 Å². The number of H-pyrrole nitrogens is 1. The van der Waals surface area contributed by atoms with E-state index in [1.165, 1.54) is 31.6 Å². The third kappa shape index (κ3) is 2.43. The predicted molar refractivity (Wildman–Crippen MR) is 88.3 cm³/mol. The second kappa shape index (κ2) is 6.07. The SMILES string of the molecule is COC(=O)c1cnc2[nH]cc(-c3oncc3-c3cccc(F)c3F)c2c1. The third-order valence-electron chi connectivity index (χ3n) is 4.01. The van der Waals surface area contributed by atoms with E-state index in [1.807, 2.05) is 0 Å². The molecule has 0 bridgehead atoms. The van der Waals surface area contributed by atoms with E-state index in [4.69, 9.17) is 9.26 Å². The van der Waals surface area contributed by atoms with Crippen LogP contribution in [0.25, 0.3) is 33.5 Å². The molecule has 0 saturated carbocycles. The van der Waals surface area contributed by atoms with Crippen LogP contribution in [0.2, 0.25) is 0 Å². The summed E-state index contributed by atoms with van der Waals surface area (Å²) in [7, 11) is 1.27. The fraction of sp³-hybridized carbons (Fsp3) is 0.0556. The molecule has 3 heterocycles. The number of carbonyl (C=O) groups excluding carboxylic acids is 1. The number of rotatable bonds is 3. The van der Waals surface area contributed by atoms with Crippen molar-refractivity contribution in [1.29, 1.82) is 0 Å². The van der Waals surface area contributed by atoms with Crippen LogP contribution in [-0.2, 0) is 4.74 Å². The number of benzene rings is 1. The molecule has 130 valence electrons. The minimum absolute atomic E-state index is 0.0210. The van der Waals surface area contributed by atoms with Crippen molar-refractivity contribution in [1.82, 2.24) is 15.1 Å². The van der Waals surface area contributed by atoms with Gasteiger partial charge < -0.3 is 14.2 Å². The lowest BCUT2D eigenvalue weighted by molar-refractivity contribution is 0.0600. The molecule has 4 aromatic rings. The summed E-state index contributed by atoms with van der Waals surface area (Å²) in [4.78, 5) is 18.9. The van der Waals surface area contributed by atoms with Crippen LogP contribution in [0.1, 0.15) is 10.4 Å². The second-order valence-corrected chi connectivity index (χ2v) is 5.48. The maximum absolute atomic E-state index is 14.2. The summed E-state index contributed by atoms with van der Waals surface area (Å²) in [5.74, 6) is -2.28. The van der Waals surface area contributed by atoms with Crippen molar-refractivity contribution in [3.05, 3.63) is 60.1 Å². The summed E-state index contributed by atoms with van der Waals surface area (Å²) in [6, 6.07) is 5.44. The van der Waals surface area contributed by atoms with E-state index < -0.39 is 17.6 Å². The first kappa shape index (κ1) is 15.9. The molecule has 0 saturated heterocycles. The highest BCUT2D eigenvalue weighted by atomic mass is 19.2. The lowest BCUT2D eigenvalue weighted by Gasteiger charge is -2.04. The molecule has 0 atom stereocenters. The van der Waals surface area contributed by atoms with Gasteiger partial charge in [-0.3, -0.25) is 0 Å². The summed E-state index contributed by atoms with van der Waals surface area (Å²) in [5, 5.41) is 4.27. The first-order valence-corrected chi connectivity index (χ1v) is 7.55. The quantitative estimate of drug-likeness (QED) is 0.563. The van der Waals surface area contributed by atoms with Crippen LogP contribution >= 0.6 is 0 Å². The Morgan fingerprint density at radius 2 is 2.04 bits per heavy atom. The predicted octanol–water partition coefficient (Wildman–Crippen LogP) is 3.95. The van der Waals surface area contributed by atoms with Crippen LogP contribution in [0.4, 0.5) is 8.78 Å². The molecule has 0 aliphatic carbocycles. The molecular formula is C18H11F2N3O3. The fourth-order valence-electron chi connectivity index (χ4n) is 2.76. The Kier molecular flexibility index (Phi) is 3.72. The summed E-state index contributed by atoms with van der Waals surface area (Å²) < 4.78 is 37.8. The number of pyridine rings is 1. The van der Waals surface area contributed by atoms with E-state index in [-0.39, 0.29) is 22.5 Å². The minimum Gasteiger partial charge on any atom is -0.465 e. The van der Waals surface area contributed by atoms with Crippen molar-refractivity contribution in [2.75, 3.05) is 7.11 Å². The molecule has 1 N–H and O–H groups in total. The topological polar surface area (TPSA) is 81.0 Å². The Bertz CT molecular complexity index is 1130. The fourth-order valence-corrected chi connectivity index (χ4v) is 2.76. The van der Waals surface area contributed by atoms with Crippen LogP contribution in [-0.4, -0.2) is 28.2 Å². The van der Waals surface area contributed by atoms with Gasteiger partial charge in [-0.25, -0.2) is 18.6 Å². The molecule has 26 heavy (non-hydrogen) atoms. The molecule has 0 aliphatic heterocycles. The Hall–Kier alpha value is -3.55. The lowest BCUT2D eigenvalue weighted by atomic mass is 10.0. The normalized spacial score (nSPS) is 11.0. The van der Waals surface area contributed by atoms with E-state index in [1.54, 1.807) is 12.3 Å². The molecule has 3 aromatic heterocycles. The summed E-state index contributed by atoms with van der Waals surface area (Å²) in [5.41, 5.74) is 1.56. The number of hydrogen-bond acceptors (Lipinski definition) is 5. The van der Waals surface area contributed by atoms with Gasteiger partial charge in [0.15, 0.2) is 17.4 Å².